The molecule has 3 heterocycles. The Bertz CT molecular complexity index is 2160. The first-order chi connectivity index (χ1) is 22.4. The summed E-state index contributed by atoms with van der Waals surface area (Å²) in [5.41, 5.74) is 6.31. The second kappa shape index (κ2) is 12.1. The molecule has 0 aliphatic carbocycles. The van der Waals surface area contributed by atoms with Gasteiger partial charge in [0.15, 0.2) is 29.1 Å². The Balaban J connectivity index is 1.41. The minimum Gasteiger partial charge on any atom is -0.219 e. The quantitative estimate of drug-likeness (QED) is 0.192. The van der Waals surface area contributed by atoms with E-state index in [2.05, 4.69) is 48.1 Å². The van der Waals surface area contributed by atoms with Crippen molar-refractivity contribution in [2.75, 3.05) is 0 Å². The van der Waals surface area contributed by atoms with Crippen LogP contribution in [0.15, 0.2) is 103 Å². The first kappa shape index (κ1) is 28.7. The van der Waals surface area contributed by atoms with E-state index < -0.39 is 0 Å². The van der Waals surface area contributed by atoms with E-state index in [1.807, 2.05) is 113 Å². The summed E-state index contributed by atoms with van der Waals surface area (Å²) in [5.74, 6) is 5.58. The van der Waals surface area contributed by atoms with E-state index in [1.54, 1.807) is 0 Å². The van der Waals surface area contributed by atoms with Gasteiger partial charge in [0.25, 0.3) is 0 Å². The normalized spacial score (nSPS) is 11.0. The van der Waals surface area contributed by atoms with Crippen LogP contribution in [-0.4, -0.2) is 44.9 Å². The molecule has 0 spiro atoms. The molecule has 222 valence electrons. The van der Waals surface area contributed by atoms with Crippen molar-refractivity contribution >= 4 is 0 Å². The lowest BCUT2D eigenvalue weighted by Crippen LogP contribution is -2.02. The van der Waals surface area contributed by atoms with Crippen molar-refractivity contribution in [3.05, 3.63) is 126 Å². The van der Waals surface area contributed by atoms with Crippen LogP contribution in [-0.2, 0) is 0 Å². The van der Waals surface area contributed by atoms with Gasteiger partial charge in [-0.15, -0.1) is 0 Å². The van der Waals surface area contributed by atoms with Crippen LogP contribution in [0.2, 0.25) is 0 Å². The average Bonchev–Trinajstić information content (AvgIpc) is 3.08. The number of hydrogen-bond acceptors (Lipinski definition) is 9. The highest BCUT2D eigenvalue weighted by Crippen LogP contribution is 2.35. The summed E-state index contributed by atoms with van der Waals surface area (Å²) in [6.07, 6.45) is 0. The summed E-state index contributed by atoms with van der Waals surface area (Å²) in [5, 5.41) is 0. The van der Waals surface area contributed by atoms with Gasteiger partial charge in [0.2, 0.25) is 0 Å². The molecule has 7 aromatic rings. The second-order valence-electron chi connectivity index (χ2n) is 10.9. The fraction of sp³-hybridized carbons (Fsp3) is 0.108. The zero-order valence-electron chi connectivity index (χ0n) is 25.8. The van der Waals surface area contributed by atoms with Crippen molar-refractivity contribution in [2.24, 2.45) is 0 Å². The van der Waals surface area contributed by atoms with E-state index in [0.717, 1.165) is 38.9 Å². The van der Waals surface area contributed by atoms with Gasteiger partial charge in [-0.3, -0.25) is 0 Å². The lowest BCUT2D eigenvalue weighted by Gasteiger charge is -2.13. The van der Waals surface area contributed by atoms with Gasteiger partial charge in [-0.2, -0.15) is 0 Å². The Labute approximate surface area is 266 Å². The Morgan fingerprint density at radius 2 is 0.696 bits per heavy atom. The van der Waals surface area contributed by atoms with Crippen molar-refractivity contribution in [3.63, 3.8) is 0 Å². The lowest BCUT2D eigenvalue weighted by molar-refractivity contribution is 0.928. The SMILES string of the molecule is Cc1nc(C)nc(-c2cccc(-c3nc(-c4ccccc4)nc(-c4ccc(-c5nc(C)nc(C)n5)c(-c5ccccc5)c4)n3)c2)n1. The van der Waals surface area contributed by atoms with Gasteiger partial charge in [0, 0.05) is 27.8 Å². The van der Waals surface area contributed by atoms with Crippen molar-refractivity contribution in [3.8, 4) is 68.1 Å². The van der Waals surface area contributed by atoms with Gasteiger partial charge in [-0.25, -0.2) is 44.9 Å². The minimum absolute atomic E-state index is 0.544. The maximum Gasteiger partial charge on any atom is 0.164 e. The van der Waals surface area contributed by atoms with E-state index in [-0.39, 0.29) is 0 Å². The molecule has 3 aromatic heterocycles. The molecular formula is C37H29N9. The number of aryl methyl sites for hydroxylation is 4. The van der Waals surface area contributed by atoms with Crippen LogP contribution < -0.4 is 0 Å². The highest BCUT2D eigenvalue weighted by atomic mass is 15.0. The third kappa shape index (κ3) is 5.98. The second-order valence-corrected chi connectivity index (χ2v) is 10.9. The number of aromatic nitrogens is 9. The van der Waals surface area contributed by atoms with Crippen LogP contribution in [0.4, 0.5) is 0 Å². The summed E-state index contributed by atoms with van der Waals surface area (Å²) in [6.45, 7) is 7.49. The first-order valence-electron chi connectivity index (χ1n) is 14.9. The molecular weight excluding hydrogens is 570 g/mol. The van der Waals surface area contributed by atoms with E-state index in [4.69, 9.17) is 15.0 Å². The highest BCUT2D eigenvalue weighted by molar-refractivity contribution is 5.84. The molecule has 9 nitrogen and oxygen atoms in total. The van der Waals surface area contributed by atoms with Crippen LogP contribution in [0.5, 0.6) is 0 Å². The average molecular weight is 600 g/mol. The van der Waals surface area contributed by atoms with Crippen LogP contribution >= 0.6 is 0 Å². The summed E-state index contributed by atoms with van der Waals surface area (Å²) in [6, 6.07) is 34.2. The lowest BCUT2D eigenvalue weighted by atomic mass is 9.96. The van der Waals surface area contributed by atoms with Gasteiger partial charge < -0.3 is 0 Å². The molecule has 0 bridgehead atoms. The molecule has 46 heavy (non-hydrogen) atoms. The summed E-state index contributed by atoms with van der Waals surface area (Å²) in [7, 11) is 0. The Morgan fingerprint density at radius 3 is 1.24 bits per heavy atom. The number of rotatable bonds is 6. The van der Waals surface area contributed by atoms with Gasteiger partial charge in [-0.05, 0) is 57.0 Å². The zero-order chi connectivity index (χ0) is 31.6. The summed E-state index contributed by atoms with van der Waals surface area (Å²) >= 11 is 0. The molecule has 0 aliphatic rings. The first-order valence-corrected chi connectivity index (χ1v) is 14.9. The molecule has 9 heteroatoms. The molecule has 0 unspecified atom stereocenters. The molecule has 0 saturated carbocycles. The summed E-state index contributed by atoms with van der Waals surface area (Å²) < 4.78 is 0. The molecule has 7 rings (SSSR count). The van der Waals surface area contributed by atoms with Crippen molar-refractivity contribution in [1.82, 2.24) is 44.9 Å². The van der Waals surface area contributed by atoms with E-state index in [9.17, 15) is 0 Å². The van der Waals surface area contributed by atoms with Crippen LogP contribution in [0.1, 0.15) is 23.3 Å². The van der Waals surface area contributed by atoms with E-state index in [1.165, 1.54) is 0 Å². The predicted octanol–water partition coefficient (Wildman–Crippen LogP) is 7.48. The third-order valence-electron chi connectivity index (χ3n) is 7.37. The third-order valence-corrected chi connectivity index (χ3v) is 7.37. The number of hydrogen-bond donors (Lipinski definition) is 0. The maximum atomic E-state index is 5.02. The van der Waals surface area contributed by atoms with E-state index >= 15 is 0 Å². The Hall–Kier alpha value is -6.09. The molecule has 0 fully saturated rings. The minimum atomic E-state index is 0.544. The topological polar surface area (TPSA) is 116 Å². The van der Waals surface area contributed by atoms with Crippen LogP contribution in [0.25, 0.3) is 68.1 Å². The Kier molecular flexibility index (Phi) is 7.56. The fourth-order valence-electron chi connectivity index (χ4n) is 5.36. The molecule has 4 aromatic carbocycles. The fourth-order valence-corrected chi connectivity index (χ4v) is 5.36. The van der Waals surface area contributed by atoms with Gasteiger partial charge in [-0.1, -0.05) is 84.9 Å². The largest absolute Gasteiger partial charge is 0.219 e. The van der Waals surface area contributed by atoms with Crippen LogP contribution in [0.3, 0.4) is 0 Å². The smallest absolute Gasteiger partial charge is 0.164 e. The zero-order valence-corrected chi connectivity index (χ0v) is 25.8. The summed E-state index contributed by atoms with van der Waals surface area (Å²) in [4.78, 5) is 42.1. The number of nitrogens with zero attached hydrogens (tertiary/aromatic N) is 9. The molecule has 0 radical (unpaired) electrons. The monoisotopic (exact) mass is 599 g/mol. The number of benzene rings is 4. The van der Waals surface area contributed by atoms with Crippen molar-refractivity contribution < 1.29 is 0 Å². The van der Waals surface area contributed by atoms with Gasteiger partial charge >= 0.3 is 0 Å². The maximum absolute atomic E-state index is 5.02. The van der Waals surface area contributed by atoms with E-state index in [0.29, 0.717) is 52.4 Å². The van der Waals surface area contributed by atoms with Crippen molar-refractivity contribution in [1.29, 1.82) is 0 Å². The predicted molar refractivity (Wildman–Crippen MR) is 178 cm³/mol. The van der Waals surface area contributed by atoms with Gasteiger partial charge in [0.05, 0.1) is 0 Å². The molecule has 0 N–H and O–H groups in total. The van der Waals surface area contributed by atoms with Crippen LogP contribution in [0, 0.1) is 27.7 Å². The highest BCUT2D eigenvalue weighted by Gasteiger charge is 2.17. The molecule has 0 aliphatic heterocycles. The standard InChI is InChI=1S/C37H29N9/c1-22-38-23(2)41-34(40-22)28-16-11-17-29(20-28)35-44-33(27-14-9-6-10-15-27)45-36(46-35)30-18-19-31(37-42-24(3)39-25(4)43-37)32(21-30)26-12-7-5-8-13-26/h5-21H,1-4H3. The molecule has 0 atom stereocenters. The Morgan fingerprint density at radius 1 is 0.283 bits per heavy atom. The molecule has 0 saturated heterocycles. The van der Waals surface area contributed by atoms with Crippen molar-refractivity contribution in [2.45, 2.75) is 27.7 Å². The molecule has 0 amide bonds. The van der Waals surface area contributed by atoms with Gasteiger partial charge in [0.1, 0.15) is 23.3 Å².